The van der Waals surface area contributed by atoms with Crippen LogP contribution < -0.4 is 9.47 Å². The molecule has 37 heavy (non-hydrogen) atoms. The molecule has 5 rings (SSSR count). The Morgan fingerprint density at radius 2 is 1.68 bits per heavy atom. The highest BCUT2D eigenvalue weighted by molar-refractivity contribution is 5.93. The molecule has 8 heteroatoms. The van der Waals surface area contributed by atoms with E-state index < -0.39 is 5.97 Å². The van der Waals surface area contributed by atoms with Gasteiger partial charge in [0.2, 0.25) is 0 Å². The minimum atomic E-state index is -1.04. The van der Waals surface area contributed by atoms with Gasteiger partial charge in [0.1, 0.15) is 18.9 Å². The third-order valence-corrected chi connectivity index (χ3v) is 6.79. The van der Waals surface area contributed by atoms with Crippen molar-refractivity contribution in [1.82, 2.24) is 9.88 Å². The van der Waals surface area contributed by atoms with Crippen molar-refractivity contribution in [3.8, 4) is 11.5 Å². The minimum Gasteiger partial charge on any atom is -0.493 e. The molecule has 1 N–H and O–H groups in total. The van der Waals surface area contributed by atoms with Gasteiger partial charge in [-0.25, -0.2) is 4.79 Å². The fourth-order valence-corrected chi connectivity index (χ4v) is 4.48. The van der Waals surface area contributed by atoms with Crippen molar-refractivity contribution >= 4 is 11.9 Å². The summed E-state index contributed by atoms with van der Waals surface area (Å²) in [6.45, 7) is 1.35. The van der Waals surface area contributed by atoms with Crippen molar-refractivity contribution in [2.45, 2.75) is 37.9 Å². The van der Waals surface area contributed by atoms with E-state index >= 15 is 0 Å². The van der Waals surface area contributed by atoms with Gasteiger partial charge < -0.3 is 24.2 Å². The Labute approximate surface area is 215 Å². The van der Waals surface area contributed by atoms with Crippen molar-refractivity contribution in [2.24, 2.45) is 0 Å². The molecule has 0 radical (unpaired) electrons. The average Bonchev–Trinajstić information content (AvgIpc) is 3.73. The number of pyridine rings is 1. The molecule has 1 saturated carbocycles. The summed E-state index contributed by atoms with van der Waals surface area (Å²) in [5, 5.41) is 8.70. The molecule has 2 fully saturated rings. The number of carboxylic acid groups (broad SMARTS) is 1. The Hall–Kier alpha value is -3.91. The number of amides is 1. The first-order chi connectivity index (χ1) is 18.0. The van der Waals surface area contributed by atoms with Crippen molar-refractivity contribution in [3.63, 3.8) is 0 Å². The molecule has 2 aromatic carbocycles. The lowest BCUT2D eigenvalue weighted by molar-refractivity contribution is -0.142. The predicted molar refractivity (Wildman–Crippen MR) is 136 cm³/mol. The Balaban J connectivity index is 1.15. The first-order valence-electron chi connectivity index (χ1n) is 12.4. The number of ether oxygens (including phenoxy) is 3. The van der Waals surface area contributed by atoms with E-state index in [9.17, 15) is 9.59 Å². The van der Waals surface area contributed by atoms with Gasteiger partial charge in [-0.15, -0.1) is 0 Å². The van der Waals surface area contributed by atoms with Crippen molar-refractivity contribution < 1.29 is 28.9 Å². The van der Waals surface area contributed by atoms with Crippen LogP contribution in [0.4, 0.5) is 0 Å². The molecule has 2 aliphatic rings. The summed E-state index contributed by atoms with van der Waals surface area (Å²) in [4.78, 5) is 29.4. The number of aromatic nitrogens is 1. The lowest BCUT2D eigenvalue weighted by atomic mass is 9.91. The van der Waals surface area contributed by atoms with Gasteiger partial charge >= 0.3 is 5.97 Å². The number of rotatable bonds is 11. The zero-order chi connectivity index (χ0) is 25.8. The minimum absolute atomic E-state index is 0.109. The molecule has 0 unspecified atom stereocenters. The maximum atomic E-state index is 12.9. The summed E-state index contributed by atoms with van der Waals surface area (Å²) in [5.74, 6) is 1.11. The van der Waals surface area contributed by atoms with E-state index in [1.54, 1.807) is 24.1 Å². The maximum absolute atomic E-state index is 12.9. The van der Waals surface area contributed by atoms with Gasteiger partial charge in [-0.3, -0.25) is 9.78 Å². The number of benzene rings is 2. The number of carbonyl (C=O) groups excluding carboxylic acids is 1. The van der Waals surface area contributed by atoms with Crippen LogP contribution in [0.15, 0.2) is 60.8 Å². The van der Waals surface area contributed by atoms with E-state index in [-0.39, 0.29) is 25.0 Å². The molecule has 1 aliphatic heterocycles. The SMILES string of the molecule is COc1cc(C2CN(C(=O)c3cc(COCC(=O)O)ccn3)C2)ccc1OCc1ccc(C2CC2)cc1. The molecule has 1 amide bonds. The standard InChI is InChI=1S/C29H30N2O6/c1-35-27-13-23(8-9-26(27)37-17-19-2-4-21(5-3-19)22-6-7-22)24-14-31(15-24)29(34)25-12-20(10-11-30-25)16-36-18-28(32)33/h2-5,8-13,22,24H,6-7,14-18H2,1H3,(H,32,33). The molecule has 2 heterocycles. The third kappa shape index (κ3) is 6.09. The molecular weight excluding hydrogens is 472 g/mol. The topological polar surface area (TPSA) is 98.2 Å². The van der Waals surface area contributed by atoms with Crippen molar-refractivity contribution in [2.75, 3.05) is 26.8 Å². The highest BCUT2D eigenvalue weighted by atomic mass is 16.5. The van der Waals surface area contributed by atoms with E-state index in [0.29, 0.717) is 42.5 Å². The zero-order valence-electron chi connectivity index (χ0n) is 20.8. The first-order valence-corrected chi connectivity index (χ1v) is 12.4. The van der Waals surface area contributed by atoms with E-state index in [1.165, 1.54) is 24.6 Å². The van der Waals surface area contributed by atoms with Crippen molar-refractivity contribution in [3.05, 3.63) is 88.7 Å². The predicted octanol–water partition coefficient (Wildman–Crippen LogP) is 4.39. The van der Waals surface area contributed by atoms with Crippen LogP contribution >= 0.6 is 0 Å². The number of likely N-dealkylation sites (tertiary alicyclic amines) is 1. The second-order valence-corrected chi connectivity index (χ2v) is 9.56. The van der Waals surface area contributed by atoms with Crippen LogP contribution in [0.2, 0.25) is 0 Å². The number of methoxy groups -OCH3 is 1. The number of nitrogens with zero attached hydrogens (tertiary/aromatic N) is 2. The summed E-state index contributed by atoms with van der Waals surface area (Å²) < 4.78 is 16.7. The maximum Gasteiger partial charge on any atom is 0.329 e. The van der Waals surface area contributed by atoms with Gasteiger partial charge in [0.05, 0.1) is 13.7 Å². The zero-order valence-corrected chi connectivity index (χ0v) is 20.8. The van der Waals surface area contributed by atoms with E-state index in [2.05, 4.69) is 29.2 Å². The van der Waals surface area contributed by atoms with E-state index in [4.69, 9.17) is 19.3 Å². The molecule has 0 spiro atoms. The first kappa shape index (κ1) is 24.8. The average molecular weight is 503 g/mol. The molecule has 3 aromatic rings. The second-order valence-electron chi connectivity index (χ2n) is 9.56. The summed E-state index contributed by atoms with van der Waals surface area (Å²) in [6, 6.07) is 17.9. The number of hydrogen-bond acceptors (Lipinski definition) is 6. The highest BCUT2D eigenvalue weighted by Crippen LogP contribution is 2.40. The summed E-state index contributed by atoms with van der Waals surface area (Å²) >= 11 is 0. The molecular formula is C29H30N2O6. The Bertz CT molecular complexity index is 1270. The molecule has 1 aromatic heterocycles. The summed E-state index contributed by atoms with van der Waals surface area (Å²) in [6.07, 6.45) is 4.12. The summed E-state index contributed by atoms with van der Waals surface area (Å²) in [7, 11) is 1.63. The normalized spacial score (nSPS) is 15.2. The number of carbonyl (C=O) groups is 2. The fourth-order valence-electron chi connectivity index (χ4n) is 4.48. The van der Waals surface area contributed by atoms with E-state index in [0.717, 1.165) is 17.0 Å². The van der Waals surface area contributed by atoms with Crippen LogP contribution in [-0.4, -0.2) is 53.7 Å². The number of hydrogen-bond donors (Lipinski definition) is 1. The lowest BCUT2D eigenvalue weighted by Gasteiger charge is -2.39. The third-order valence-electron chi connectivity index (χ3n) is 6.79. The highest BCUT2D eigenvalue weighted by Gasteiger charge is 2.33. The lowest BCUT2D eigenvalue weighted by Crippen LogP contribution is -2.48. The smallest absolute Gasteiger partial charge is 0.329 e. The van der Waals surface area contributed by atoms with Gasteiger partial charge in [0.15, 0.2) is 11.5 Å². The van der Waals surface area contributed by atoms with Crippen LogP contribution in [0.3, 0.4) is 0 Å². The van der Waals surface area contributed by atoms with Crippen LogP contribution in [0.1, 0.15) is 57.4 Å². The van der Waals surface area contributed by atoms with Gasteiger partial charge in [0.25, 0.3) is 5.91 Å². The molecule has 1 aliphatic carbocycles. The van der Waals surface area contributed by atoms with Gasteiger partial charge in [-0.1, -0.05) is 30.3 Å². The molecule has 192 valence electrons. The van der Waals surface area contributed by atoms with Crippen molar-refractivity contribution in [1.29, 1.82) is 0 Å². The van der Waals surface area contributed by atoms with Crippen LogP contribution in [0.25, 0.3) is 0 Å². The fraction of sp³-hybridized carbons (Fsp3) is 0.345. The van der Waals surface area contributed by atoms with Crippen LogP contribution in [0.5, 0.6) is 11.5 Å². The molecule has 0 atom stereocenters. The van der Waals surface area contributed by atoms with Crippen LogP contribution in [-0.2, 0) is 22.7 Å². The summed E-state index contributed by atoms with van der Waals surface area (Å²) in [5.41, 5.74) is 4.64. The molecule has 1 saturated heterocycles. The Morgan fingerprint density at radius 3 is 2.38 bits per heavy atom. The quantitative estimate of drug-likeness (QED) is 0.415. The second kappa shape index (κ2) is 11.0. The van der Waals surface area contributed by atoms with Gasteiger partial charge in [-0.05, 0) is 65.3 Å². The van der Waals surface area contributed by atoms with Crippen LogP contribution in [0, 0.1) is 0 Å². The van der Waals surface area contributed by atoms with Gasteiger partial charge in [0, 0.05) is 25.2 Å². The number of aliphatic carboxylic acids is 1. The largest absolute Gasteiger partial charge is 0.493 e. The number of carboxylic acids is 1. The van der Waals surface area contributed by atoms with Gasteiger partial charge in [-0.2, -0.15) is 0 Å². The Morgan fingerprint density at radius 1 is 0.919 bits per heavy atom. The Kier molecular flexibility index (Phi) is 7.37. The van der Waals surface area contributed by atoms with E-state index in [1.807, 2.05) is 18.2 Å². The molecule has 0 bridgehead atoms. The molecule has 8 nitrogen and oxygen atoms in total. The monoisotopic (exact) mass is 502 g/mol.